The highest BCUT2D eigenvalue weighted by Gasteiger charge is 2.32. The van der Waals surface area contributed by atoms with E-state index in [9.17, 15) is 22.2 Å². The second-order valence-corrected chi connectivity index (χ2v) is 8.30. The highest BCUT2D eigenvalue weighted by molar-refractivity contribution is 7.82. The summed E-state index contributed by atoms with van der Waals surface area (Å²) in [7, 11) is -1.41. The Morgan fingerprint density at radius 1 is 1.20 bits per heavy atom. The van der Waals surface area contributed by atoms with Crippen LogP contribution in [0.25, 0.3) is 0 Å². The van der Waals surface area contributed by atoms with E-state index >= 15 is 0 Å². The molecule has 0 radical (unpaired) electrons. The van der Waals surface area contributed by atoms with Crippen LogP contribution in [-0.4, -0.2) is 45.6 Å². The molecule has 160 valence electrons. The number of carbonyl (C=O) groups is 1. The van der Waals surface area contributed by atoms with Crippen molar-refractivity contribution in [1.29, 1.82) is 0 Å². The SMILES string of the molecule is C=CC(=O)Nc1ccc(S(=O)N2CCN(c3ncc(C(F)(F)F)cc3Cl)CC2)cc1. The summed E-state index contributed by atoms with van der Waals surface area (Å²) in [5.41, 5.74) is -0.336. The van der Waals surface area contributed by atoms with Crippen LogP contribution in [0.2, 0.25) is 5.02 Å². The molecule has 2 heterocycles. The number of hydrogen-bond donors (Lipinski definition) is 1. The fourth-order valence-corrected chi connectivity index (χ4v) is 4.33. The topological polar surface area (TPSA) is 65.5 Å². The second-order valence-electron chi connectivity index (χ2n) is 6.41. The average molecular weight is 459 g/mol. The average Bonchev–Trinajstić information content (AvgIpc) is 2.73. The number of benzene rings is 1. The molecule has 1 saturated heterocycles. The summed E-state index contributed by atoms with van der Waals surface area (Å²) in [6.45, 7) is 5.04. The standard InChI is InChI=1S/C19H18ClF3N4O2S/c1-2-17(28)25-14-3-5-15(6-4-14)30(29)27-9-7-26(8-10-27)18-16(20)11-13(12-24-18)19(21,22)23/h2-6,11-12H,1,7-10H2,(H,25,28). The Labute approximate surface area is 178 Å². The van der Waals surface area contributed by atoms with Gasteiger partial charge in [-0.15, -0.1) is 0 Å². The molecule has 1 aliphatic rings. The molecule has 30 heavy (non-hydrogen) atoms. The van der Waals surface area contributed by atoms with Crippen molar-refractivity contribution in [2.24, 2.45) is 0 Å². The van der Waals surface area contributed by atoms with E-state index in [0.717, 1.165) is 18.3 Å². The minimum absolute atomic E-state index is 0.0726. The lowest BCUT2D eigenvalue weighted by molar-refractivity contribution is -0.137. The minimum atomic E-state index is -4.51. The Balaban J connectivity index is 1.62. The molecule has 6 nitrogen and oxygen atoms in total. The molecule has 1 unspecified atom stereocenters. The van der Waals surface area contributed by atoms with Crippen LogP contribution < -0.4 is 10.2 Å². The molecule has 1 N–H and O–H groups in total. The van der Waals surface area contributed by atoms with Gasteiger partial charge in [-0.25, -0.2) is 13.5 Å². The van der Waals surface area contributed by atoms with Crippen molar-refractivity contribution >= 4 is 40.0 Å². The molecule has 0 spiro atoms. The van der Waals surface area contributed by atoms with E-state index in [0.29, 0.717) is 36.8 Å². The molecule has 11 heteroatoms. The summed E-state index contributed by atoms with van der Waals surface area (Å²) >= 11 is 6.01. The van der Waals surface area contributed by atoms with Gasteiger partial charge in [0.1, 0.15) is 16.8 Å². The Bertz CT molecular complexity index is 961. The van der Waals surface area contributed by atoms with Crippen molar-refractivity contribution in [2.45, 2.75) is 11.1 Å². The van der Waals surface area contributed by atoms with Gasteiger partial charge in [0.05, 0.1) is 15.5 Å². The molecular formula is C19H18ClF3N4O2S. The summed E-state index contributed by atoms with van der Waals surface area (Å²) in [4.78, 5) is 17.5. The molecule has 1 atom stereocenters. The highest BCUT2D eigenvalue weighted by Crippen LogP contribution is 2.33. The summed E-state index contributed by atoms with van der Waals surface area (Å²) in [5, 5.41) is 2.54. The maximum Gasteiger partial charge on any atom is 0.417 e. The molecular weight excluding hydrogens is 441 g/mol. The lowest BCUT2D eigenvalue weighted by Gasteiger charge is -2.34. The van der Waals surface area contributed by atoms with Gasteiger partial charge in [0.15, 0.2) is 0 Å². The molecule has 1 aromatic heterocycles. The zero-order valence-electron chi connectivity index (χ0n) is 15.7. The molecule has 1 aliphatic heterocycles. The smallest absolute Gasteiger partial charge is 0.353 e. The fraction of sp³-hybridized carbons (Fsp3) is 0.263. The van der Waals surface area contributed by atoms with Gasteiger partial charge in [-0.05, 0) is 36.4 Å². The third-order valence-corrected chi connectivity index (χ3v) is 6.22. The third-order valence-electron chi connectivity index (χ3n) is 4.43. The lowest BCUT2D eigenvalue weighted by atomic mass is 10.2. The van der Waals surface area contributed by atoms with E-state index in [2.05, 4.69) is 16.9 Å². The van der Waals surface area contributed by atoms with Gasteiger partial charge in [0.25, 0.3) is 0 Å². The molecule has 0 saturated carbocycles. The number of pyridine rings is 1. The van der Waals surface area contributed by atoms with Gasteiger partial charge in [-0.2, -0.15) is 13.2 Å². The van der Waals surface area contributed by atoms with Gasteiger partial charge in [0, 0.05) is 38.1 Å². The maximum atomic E-state index is 12.8. The van der Waals surface area contributed by atoms with E-state index < -0.39 is 22.7 Å². The first kappa shape index (κ1) is 22.3. The summed E-state index contributed by atoms with van der Waals surface area (Å²) in [6, 6.07) is 7.49. The van der Waals surface area contributed by atoms with Crippen LogP contribution in [0.3, 0.4) is 0 Å². The van der Waals surface area contributed by atoms with E-state index in [4.69, 9.17) is 11.6 Å². The van der Waals surface area contributed by atoms with Crippen LogP contribution in [0.15, 0.2) is 54.1 Å². The van der Waals surface area contributed by atoms with Crippen LogP contribution in [0.1, 0.15) is 5.56 Å². The Hall–Kier alpha value is -2.43. The van der Waals surface area contributed by atoms with E-state index in [1.807, 2.05) is 0 Å². The largest absolute Gasteiger partial charge is 0.417 e. The van der Waals surface area contributed by atoms with Crippen LogP contribution in [0.4, 0.5) is 24.7 Å². The molecule has 2 aromatic rings. The molecule has 3 rings (SSSR count). The van der Waals surface area contributed by atoms with Gasteiger partial charge in [0.2, 0.25) is 5.91 Å². The van der Waals surface area contributed by atoms with Crippen molar-refractivity contribution in [2.75, 3.05) is 36.4 Å². The number of piperazine rings is 1. The van der Waals surface area contributed by atoms with Crippen LogP contribution in [-0.2, 0) is 22.0 Å². The predicted molar refractivity (Wildman–Crippen MR) is 110 cm³/mol. The molecule has 0 bridgehead atoms. The molecule has 1 fully saturated rings. The van der Waals surface area contributed by atoms with Gasteiger partial charge in [-0.1, -0.05) is 18.2 Å². The number of amides is 1. The Morgan fingerprint density at radius 3 is 2.37 bits per heavy atom. The number of rotatable bonds is 5. The first-order chi connectivity index (χ1) is 14.2. The highest BCUT2D eigenvalue weighted by atomic mass is 35.5. The minimum Gasteiger partial charge on any atom is -0.353 e. The summed E-state index contributed by atoms with van der Waals surface area (Å²) < 4.78 is 52.9. The van der Waals surface area contributed by atoms with Crippen molar-refractivity contribution < 1.29 is 22.2 Å². The normalized spacial score (nSPS) is 16.2. The molecule has 1 amide bonds. The van der Waals surface area contributed by atoms with E-state index in [1.54, 1.807) is 33.5 Å². The quantitative estimate of drug-likeness (QED) is 0.693. The predicted octanol–water partition coefficient (Wildman–Crippen LogP) is 3.72. The number of hydrogen-bond acceptors (Lipinski definition) is 4. The summed E-state index contributed by atoms with van der Waals surface area (Å²) in [5.74, 6) is -0.0621. The Kier molecular flexibility index (Phi) is 6.79. The lowest BCUT2D eigenvalue weighted by Crippen LogP contribution is -2.47. The number of carbonyl (C=O) groups excluding carboxylic acids is 1. The third kappa shape index (κ3) is 5.18. The van der Waals surface area contributed by atoms with Crippen molar-refractivity contribution in [3.63, 3.8) is 0 Å². The number of aromatic nitrogens is 1. The van der Waals surface area contributed by atoms with Crippen LogP contribution >= 0.6 is 11.6 Å². The molecule has 0 aliphatic carbocycles. The number of alkyl halides is 3. The maximum absolute atomic E-state index is 12.8. The summed E-state index contributed by atoms with van der Waals surface area (Å²) in [6.07, 6.45) is -2.59. The number of anilines is 2. The molecule has 1 aromatic carbocycles. The zero-order valence-corrected chi connectivity index (χ0v) is 17.2. The number of nitrogens with one attached hydrogen (secondary N) is 1. The van der Waals surface area contributed by atoms with E-state index in [1.165, 1.54) is 0 Å². The van der Waals surface area contributed by atoms with E-state index in [-0.39, 0.29) is 16.7 Å². The second kappa shape index (κ2) is 9.15. The monoisotopic (exact) mass is 458 g/mol. The Morgan fingerprint density at radius 2 is 1.83 bits per heavy atom. The van der Waals surface area contributed by atoms with Gasteiger partial charge < -0.3 is 10.2 Å². The first-order valence-corrected chi connectivity index (χ1v) is 10.4. The fourth-order valence-electron chi connectivity index (χ4n) is 2.88. The van der Waals surface area contributed by atoms with Crippen molar-refractivity contribution in [3.8, 4) is 0 Å². The zero-order chi connectivity index (χ0) is 21.9. The van der Waals surface area contributed by atoms with Crippen molar-refractivity contribution in [3.05, 3.63) is 59.8 Å². The first-order valence-electron chi connectivity index (χ1n) is 8.87. The van der Waals surface area contributed by atoms with Crippen LogP contribution in [0.5, 0.6) is 0 Å². The van der Waals surface area contributed by atoms with Gasteiger partial charge >= 0.3 is 6.18 Å². The number of halogens is 4. The van der Waals surface area contributed by atoms with Crippen LogP contribution in [0, 0.1) is 0 Å². The van der Waals surface area contributed by atoms with Gasteiger partial charge in [-0.3, -0.25) is 4.79 Å². The van der Waals surface area contributed by atoms with Crippen molar-refractivity contribution in [1.82, 2.24) is 9.29 Å². The number of nitrogens with zero attached hydrogens (tertiary/aromatic N) is 3.